The van der Waals surface area contributed by atoms with Gasteiger partial charge in [-0.25, -0.2) is 0 Å². The van der Waals surface area contributed by atoms with Crippen LogP contribution in [0.4, 0.5) is 0 Å². The number of benzene rings is 1. The zero-order valence-corrected chi connectivity index (χ0v) is 13.2. The first kappa shape index (κ1) is 17.1. The minimum absolute atomic E-state index is 0.147. The van der Waals surface area contributed by atoms with Gasteiger partial charge in [0.25, 0.3) is 0 Å². The SMILES string of the molecule is CCOC(=O)C1(C(C[N+](=O)[O-])c2ccccc2)CCCCC1=O. The predicted molar refractivity (Wildman–Crippen MR) is 83.6 cm³/mol. The van der Waals surface area contributed by atoms with Gasteiger partial charge in [-0.05, 0) is 25.3 Å². The number of rotatable bonds is 6. The van der Waals surface area contributed by atoms with Crippen LogP contribution >= 0.6 is 0 Å². The number of nitro groups is 1. The number of carbonyl (C=O) groups excluding carboxylic acids is 2. The van der Waals surface area contributed by atoms with Crippen LogP contribution in [0.1, 0.15) is 44.1 Å². The van der Waals surface area contributed by atoms with Crippen molar-refractivity contribution in [1.29, 1.82) is 0 Å². The van der Waals surface area contributed by atoms with E-state index in [1.807, 2.05) is 0 Å². The Labute approximate surface area is 135 Å². The molecule has 0 saturated heterocycles. The van der Waals surface area contributed by atoms with E-state index in [1.54, 1.807) is 37.3 Å². The van der Waals surface area contributed by atoms with Crippen LogP contribution in [0.15, 0.2) is 30.3 Å². The number of hydrogen-bond acceptors (Lipinski definition) is 5. The van der Waals surface area contributed by atoms with E-state index in [4.69, 9.17) is 4.74 Å². The summed E-state index contributed by atoms with van der Waals surface area (Å²) in [6.07, 6.45) is 1.96. The number of carbonyl (C=O) groups is 2. The Kier molecular flexibility index (Phi) is 5.47. The Morgan fingerprint density at radius 3 is 2.61 bits per heavy atom. The molecule has 0 aliphatic heterocycles. The summed E-state index contributed by atoms with van der Waals surface area (Å²) in [7, 11) is 0. The second kappa shape index (κ2) is 7.35. The van der Waals surface area contributed by atoms with E-state index in [2.05, 4.69) is 0 Å². The monoisotopic (exact) mass is 319 g/mol. The average molecular weight is 319 g/mol. The largest absolute Gasteiger partial charge is 0.465 e. The van der Waals surface area contributed by atoms with Gasteiger partial charge in [0, 0.05) is 11.3 Å². The van der Waals surface area contributed by atoms with Gasteiger partial charge in [0.05, 0.1) is 12.5 Å². The lowest BCUT2D eigenvalue weighted by Gasteiger charge is -2.38. The van der Waals surface area contributed by atoms with Crippen molar-refractivity contribution in [2.75, 3.05) is 13.2 Å². The van der Waals surface area contributed by atoms with E-state index in [0.29, 0.717) is 24.8 Å². The molecule has 0 radical (unpaired) electrons. The topological polar surface area (TPSA) is 86.5 Å². The molecule has 0 spiro atoms. The maximum atomic E-state index is 12.7. The molecule has 0 heterocycles. The van der Waals surface area contributed by atoms with E-state index in [0.717, 1.165) is 0 Å². The van der Waals surface area contributed by atoms with Gasteiger partial charge in [0.2, 0.25) is 6.54 Å². The maximum absolute atomic E-state index is 12.7. The molecule has 124 valence electrons. The summed E-state index contributed by atoms with van der Waals surface area (Å²) in [4.78, 5) is 36.1. The van der Waals surface area contributed by atoms with Gasteiger partial charge in [0.1, 0.15) is 5.41 Å². The maximum Gasteiger partial charge on any atom is 0.320 e. The third-order valence-electron chi connectivity index (χ3n) is 4.49. The third-order valence-corrected chi connectivity index (χ3v) is 4.49. The standard InChI is InChI=1S/C17H21NO5/c1-2-23-16(20)17(11-7-6-10-15(17)19)14(12-18(21)22)13-8-4-3-5-9-13/h3-5,8-9,14H,2,6-7,10-12H2,1H3. The van der Waals surface area contributed by atoms with Crippen molar-refractivity contribution in [2.45, 2.75) is 38.5 Å². The fourth-order valence-corrected chi connectivity index (χ4v) is 3.42. The molecule has 2 unspecified atom stereocenters. The Balaban J connectivity index is 2.53. The van der Waals surface area contributed by atoms with Crippen molar-refractivity contribution in [3.8, 4) is 0 Å². The van der Waals surface area contributed by atoms with Crippen molar-refractivity contribution in [3.05, 3.63) is 46.0 Å². The molecular formula is C17H21NO5. The van der Waals surface area contributed by atoms with Crippen molar-refractivity contribution in [1.82, 2.24) is 0 Å². The lowest BCUT2D eigenvalue weighted by molar-refractivity contribution is -0.485. The molecule has 0 aromatic heterocycles. The summed E-state index contributed by atoms with van der Waals surface area (Å²) in [6.45, 7) is 1.35. The second-order valence-electron chi connectivity index (χ2n) is 5.80. The molecule has 6 heteroatoms. The van der Waals surface area contributed by atoms with Gasteiger partial charge in [-0.2, -0.15) is 0 Å². The van der Waals surface area contributed by atoms with Gasteiger partial charge < -0.3 is 4.74 Å². The minimum atomic E-state index is -1.44. The van der Waals surface area contributed by atoms with Crippen LogP contribution in [-0.2, 0) is 14.3 Å². The van der Waals surface area contributed by atoms with E-state index >= 15 is 0 Å². The average Bonchev–Trinajstić information content (AvgIpc) is 2.54. The van der Waals surface area contributed by atoms with Crippen LogP contribution in [0.25, 0.3) is 0 Å². The quantitative estimate of drug-likeness (QED) is 0.348. The smallest absolute Gasteiger partial charge is 0.320 e. The molecule has 2 atom stereocenters. The second-order valence-corrected chi connectivity index (χ2v) is 5.80. The molecule has 1 fully saturated rings. The van der Waals surface area contributed by atoms with E-state index < -0.39 is 28.8 Å². The molecule has 6 nitrogen and oxygen atoms in total. The van der Waals surface area contributed by atoms with Gasteiger partial charge in [-0.15, -0.1) is 0 Å². The highest BCUT2D eigenvalue weighted by atomic mass is 16.6. The summed E-state index contributed by atoms with van der Waals surface area (Å²) in [6, 6.07) is 8.78. The molecule has 0 bridgehead atoms. The fraction of sp³-hybridized carbons (Fsp3) is 0.529. The van der Waals surface area contributed by atoms with Crippen LogP contribution < -0.4 is 0 Å². The van der Waals surface area contributed by atoms with Crippen LogP contribution in [0.3, 0.4) is 0 Å². The Bertz CT molecular complexity index is 586. The molecule has 0 N–H and O–H groups in total. The molecule has 0 amide bonds. The first-order valence-electron chi connectivity index (χ1n) is 7.89. The normalized spacial score (nSPS) is 22.4. The summed E-state index contributed by atoms with van der Waals surface area (Å²) in [5.41, 5.74) is -0.810. The van der Waals surface area contributed by atoms with Crippen molar-refractivity contribution in [3.63, 3.8) is 0 Å². The Morgan fingerprint density at radius 2 is 2.04 bits per heavy atom. The Hall–Kier alpha value is -2.24. The lowest BCUT2D eigenvalue weighted by Crippen LogP contribution is -2.49. The van der Waals surface area contributed by atoms with Crippen LogP contribution in [0.2, 0.25) is 0 Å². The molecule has 1 aliphatic rings. The van der Waals surface area contributed by atoms with Gasteiger partial charge in [0.15, 0.2) is 5.78 Å². The minimum Gasteiger partial charge on any atom is -0.465 e. The molecule has 1 aliphatic carbocycles. The van der Waals surface area contributed by atoms with Crippen molar-refractivity contribution < 1.29 is 19.2 Å². The number of esters is 1. The summed E-state index contributed by atoms with van der Waals surface area (Å²) < 4.78 is 5.16. The molecule has 1 aromatic rings. The predicted octanol–water partition coefficient (Wildman–Crippen LogP) is 2.74. The van der Waals surface area contributed by atoms with Crippen molar-refractivity contribution >= 4 is 11.8 Å². The van der Waals surface area contributed by atoms with Gasteiger partial charge in [-0.1, -0.05) is 36.8 Å². The lowest BCUT2D eigenvalue weighted by atomic mass is 9.63. The van der Waals surface area contributed by atoms with Crippen LogP contribution in [0.5, 0.6) is 0 Å². The fourth-order valence-electron chi connectivity index (χ4n) is 3.42. The molecule has 1 saturated carbocycles. The number of Topliss-reactive ketones (excluding diaryl/α,β-unsaturated/α-hetero) is 1. The third kappa shape index (κ3) is 3.41. The van der Waals surface area contributed by atoms with Crippen LogP contribution in [0, 0.1) is 15.5 Å². The highest BCUT2D eigenvalue weighted by Crippen LogP contribution is 2.46. The Morgan fingerprint density at radius 1 is 1.35 bits per heavy atom. The van der Waals surface area contributed by atoms with E-state index in [1.165, 1.54) is 0 Å². The van der Waals surface area contributed by atoms with Gasteiger partial charge >= 0.3 is 5.97 Å². The molecule has 2 rings (SSSR count). The molecule has 23 heavy (non-hydrogen) atoms. The highest BCUT2D eigenvalue weighted by molar-refractivity contribution is 6.05. The first-order chi connectivity index (χ1) is 11.0. The number of hydrogen-bond donors (Lipinski definition) is 0. The number of ether oxygens (including phenoxy) is 1. The van der Waals surface area contributed by atoms with Crippen molar-refractivity contribution in [2.24, 2.45) is 5.41 Å². The van der Waals surface area contributed by atoms with Gasteiger partial charge in [-0.3, -0.25) is 19.7 Å². The highest BCUT2D eigenvalue weighted by Gasteiger charge is 2.55. The van der Waals surface area contributed by atoms with E-state index in [-0.39, 0.29) is 18.8 Å². The summed E-state index contributed by atoms with van der Waals surface area (Å²) in [5, 5.41) is 11.2. The number of ketones is 1. The summed E-state index contributed by atoms with van der Waals surface area (Å²) in [5.74, 6) is -1.66. The number of nitrogens with zero attached hydrogens (tertiary/aromatic N) is 1. The molecular weight excluding hydrogens is 298 g/mol. The summed E-state index contributed by atoms with van der Waals surface area (Å²) >= 11 is 0. The van der Waals surface area contributed by atoms with Crippen LogP contribution in [-0.4, -0.2) is 29.8 Å². The molecule has 1 aromatic carbocycles. The first-order valence-corrected chi connectivity index (χ1v) is 7.89. The zero-order valence-electron chi connectivity index (χ0n) is 13.2. The zero-order chi connectivity index (χ0) is 16.9. The van der Waals surface area contributed by atoms with E-state index in [9.17, 15) is 19.7 Å².